The summed E-state index contributed by atoms with van der Waals surface area (Å²) in [5.41, 5.74) is 2.03. The molecule has 0 unspecified atom stereocenters. The van der Waals surface area contributed by atoms with E-state index in [0.29, 0.717) is 39.1 Å². The molecule has 1 aliphatic heterocycles. The Balaban J connectivity index is 1.48. The zero-order valence-electron chi connectivity index (χ0n) is 16.2. The van der Waals surface area contributed by atoms with Crippen LogP contribution in [-0.2, 0) is 27.2 Å². The molecule has 4 rings (SSSR count). The van der Waals surface area contributed by atoms with Crippen molar-refractivity contribution in [2.75, 3.05) is 26.3 Å². The smallest absolute Gasteiger partial charge is 0.245 e. The maximum absolute atomic E-state index is 13.2. The van der Waals surface area contributed by atoms with Gasteiger partial charge in [-0.15, -0.1) is 0 Å². The number of nitrogens with zero attached hydrogens (tertiary/aromatic N) is 1. The largest absolute Gasteiger partial charge is 0.469 e. The molecule has 3 heterocycles. The van der Waals surface area contributed by atoms with Gasteiger partial charge in [-0.2, -0.15) is 0 Å². The van der Waals surface area contributed by atoms with Gasteiger partial charge in [0.1, 0.15) is 11.8 Å². The van der Waals surface area contributed by atoms with E-state index in [1.54, 1.807) is 17.2 Å². The van der Waals surface area contributed by atoms with Crippen molar-refractivity contribution in [3.63, 3.8) is 0 Å². The molecule has 1 aromatic carbocycles. The average Bonchev–Trinajstić information content (AvgIpc) is 3.42. The normalized spacial score (nSPS) is 15.4. The maximum atomic E-state index is 13.2. The van der Waals surface area contributed by atoms with Crippen molar-refractivity contribution in [1.29, 1.82) is 0 Å². The lowest BCUT2D eigenvalue weighted by Crippen LogP contribution is -2.52. The Morgan fingerprint density at radius 2 is 1.97 bits per heavy atom. The molecule has 2 amide bonds. The quantitative estimate of drug-likeness (QED) is 0.643. The summed E-state index contributed by atoms with van der Waals surface area (Å²) in [7, 11) is 0. The van der Waals surface area contributed by atoms with Crippen LogP contribution in [0.3, 0.4) is 0 Å². The van der Waals surface area contributed by atoms with E-state index in [1.807, 2.05) is 36.5 Å². The Labute approximate surface area is 169 Å². The number of carbonyl (C=O) groups is 2. The number of aromatic amines is 1. The summed E-state index contributed by atoms with van der Waals surface area (Å²) in [4.78, 5) is 30.7. The number of carbonyl (C=O) groups excluding carboxylic acids is 2. The van der Waals surface area contributed by atoms with Crippen LogP contribution in [0.25, 0.3) is 10.9 Å². The van der Waals surface area contributed by atoms with Gasteiger partial charge in [0.25, 0.3) is 0 Å². The Kier molecular flexibility index (Phi) is 5.95. The van der Waals surface area contributed by atoms with Gasteiger partial charge in [0, 0.05) is 49.5 Å². The summed E-state index contributed by atoms with van der Waals surface area (Å²) in [6.45, 7) is 2.15. The first kappa shape index (κ1) is 19.3. The molecule has 0 saturated carbocycles. The highest BCUT2D eigenvalue weighted by molar-refractivity contribution is 5.89. The molecule has 0 radical (unpaired) electrons. The first-order chi connectivity index (χ1) is 14.2. The Morgan fingerprint density at radius 1 is 1.14 bits per heavy atom. The second-order valence-corrected chi connectivity index (χ2v) is 7.20. The fraction of sp³-hybridized carbons (Fsp3) is 0.364. The highest BCUT2D eigenvalue weighted by Gasteiger charge is 2.28. The molecule has 3 aromatic rings. The van der Waals surface area contributed by atoms with Crippen LogP contribution in [0.15, 0.2) is 53.3 Å². The van der Waals surface area contributed by atoms with Gasteiger partial charge in [-0.05, 0) is 23.8 Å². The molecule has 152 valence electrons. The number of aromatic nitrogens is 1. The summed E-state index contributed by atoms with van der Waals surface area (Å²) < 4.78 is 10.6. The van der Waals surface area contributed by atoms with Crippen LogP contribution in [0.4, 0.5) is 0 Å². The van der Waals surface area contributed by atoms with Gasteiger partial charge in [0.2, 0.25) is 11.8 Å². The van der Waals surface area contributed by atoms with Crippen LogP contribution < -0.4 is 5.32 Å². The first-order valence-corrected chi connectivity index (χ1v) is 9.94. The number of morpholine rings is 1. The van der Waals surface area contributed by atoms with Crippen molar-refractivity contribution in [3.05, 3.63) is 60.2 Å². The Morgan fingerprint density at radius 3 is 2.76 bits per heavy atom. The predicted octanol–water partition coefficient (Wildman–Crippen LogP) is 2.28. The molecule has 7 nitrogen and oxygen atoms in total. The Hall–Kier alpha value is -3.06. The number of amides is 2. The molecule has 1 saturated heterocycles. The van der Waals surface area contributed by atoms with Crippen LogP contribution in [0, 0.1) is 0 Å². The summed E-state index contributed by atoms with van der Waals surface area (Å²) in [5.74, 6) is 0.533. The summed E-state index contributed by atoms with van der Waals surface area (Å²) in [6.07, 6.45) is 4.72. The molecule has 0 aliphatic carbocycles. The number of furan rings is 1. The number of para-hydroxylation sites is 1. The van der Waals surface area contributed by atoms with Crippen molar-refractivity contribution < 1.29 is 18.7 Å². The standard InChI is InChI=1S/C22H25N3O4/c26-21(8-7-17-4-3-11-29-17)24-20(22(27)25-9-12-28-13-10-25)14-16-15-23-19-6-2-1-5-18(16)19/h1-6,11,15,20,23H,7-10,12-14H2,(H,24,26)/t20-/m0/s1. The third-order valence-corrected chi connectivity index (χ3v) is 5.23. The predicted molar refractivity (Wildman–Crippen MR) is 108 cm³/mol. The van der Waals surface area contributed by atoms with Crippen LogP contribution in [0.2, 0.25) is 0 Å². The van der Waals surface area contributed by atoms with E-state index in [9.17, 15) is 9.59 Å². The number of aryl methyl sites for hydroxylation is 1. The van der Waals surface area contributed by atoms with E-state index in [1.165, 1.54) is 0 Å². The molecular formula is C22H25N3O4. The van der Waals surface area contributed by atoms with E-state index in [2.05, 4.69) is 10.3 Å². The van der Waals surface area contributed by atoms with Crippen LogP contribution in [0.1, 0.15) is 17.7 Å². The van der Waals surface area contributed by atoms with Crippen molar-refractivity contribution in [2.24, 2.45) is 0 Å². The molecule has 2 aromatic heterocycles. The van der Waals surface area contributed by atoms with E-state index < -0.39 is 6.04 Å². The van der Waals surface area contributed by atoms with Crippen molar-refractivity contribution in [2.45, 2.75) is 25.3 Å². The zero-order valence-corrected chi connectivity index (χ0v) is 16.2. The molecule has 0 spiro atoms. The van der Waals surface area contributed by atoms with Gasteiger partial charge in [0.05, 0.1) is 19.5 Å². The molecular weight excluding hydrogens is 370 g/mol. The number of benzene rings is 1. The number of H-pyrrole nitrogens is 1. The minimum atomic E-state index is -0.614. The van der Waals surface area contributed by atoms with Gasteiger partial charge >= 0.3 is 0 Å². The number of nitrogens with one attached hydrogen (secondary N) is 2. The lowest BCUT2D eigenvalue weighted by Gasteiger charge is -2.30. The molecule has 7 heteroatoms. The summed E-state index contributed by atoms with van der Waals surface area (Å²) in [5, 5.41) is 4.02. The van der Waals surface area contributed by atoms with Crippen LogP contribution in [0.5, 0.6) is 0 Å². The maximum Gasteiger partial charge on any atom is 0.245 e. The molecule has 29 heavy (non-hydrogen) atoms. The minimum Gasteiger partial charge on any atom is -0.469 e. The lowest BCUT2D eigenvalue weighted by atomic mass is 10.0. The third-order valence-electron chi connectivity index (χ3n) is 5.23. The van der Waals surface area contributed by atoms with Gasteiger partial charge in [-0.1, -0.05) is 18.2 Å². The third kappa shape index (κ3) is 4.68. The lowest BCUT2D eigenvalue weighted by molar-refractivity contribution is -0.139. The van der Waals surface area contributed by atoms with Gasteiger partial charge in [-0.25, -0.2) is 0 Å². The fourth-order valence-electron chi connectivity index (χ4n) is 3.68. The average molecular weight is 395 g/mol. The van der Waals surface area contributed by atoms with Gasteiger partial charge < -0.3 is 24.4 Å². The molecule has 1 fully saturated rings. The molecule has 1 atom stereocenters. The fourth-order valence-corrected chi connectivity index (χ4v) is 3.68. The van der Waals surface area contributed by atoms with E-state index in [4.69, 9.17) is 9.15 Å². The zero-order chi connectivity index (χ0) is 20.1. The van der Waals surface area contributed by atoms with Gasteiger partial charge in [-0.3, -0.25) is 9.59 Å². The second-order valence-electron chi connectivity index (χ2n) is 7.20. The molecule has 1 aliphatic rings. The number of ether oxygens (including phenoxy) is 1. The van der Waals surface area contributed by atoms with Crippen molar-refractivity contribution >= 4 is 22.7 Å². The highest BCUT2D eigenvalue weighted by Crippen LogP contribution is 2.20. The molecule has 2 N–H and O–H groups in total. The minimum absolute atomic E-state index is 0.0649. The van der Waals surface area contributed by atoms with Crippen LogP contribution >= 0.6 is 0 Å². The first-order valence-electron chi connectivity index (χ1n) is 9.94. The van der Waals surface area contributed by atoms with Gasteiger partial charge in [0.15, 0.2) is 0 Å². The number of rotatable bonds is 7. The van der Waals surface area contributed by atoms with E-state index >= 15 is 0 Å². The van der Waals surface area contributed by atoms with Crippen molar-refractivity contribution in [1.82, 2.24) is 15.2 Å². The SMILES string of the molecule is O=C(CCc1ccco1)N[C@@H](Cc1c[nH]c2ccccc12)C(=O)N1CCOCC1. The summed E-state index contributed by atoms with van der Waals surface area (Å²) >= 11 is 0. The molecule has 0 bridgehead atoms. The summed E-state index contributed by atoms with van der Waals surface area (Å²) in [6, 6.07) is 11.0. The van der Waals surface area contributed by atoms with Crippen molar-refractivity contribution in [3.8, 4) is 0 Å². The number of fused-ring (bicyclic) bond motifs is 1. The number of hydrogen-bond donors (Lipinski definition) is 2. The topological polar surface area (TPSA) is 87.6 Å². The van der Waals surface area contributed by atoms with E-state index in [0.717, 1.165) is 22.2 Å². The highest BCUT2D eigenvalue weighted by atomic mass is 16.5. The second kappa shape index (κ2) is 8.96. The monoisotopic (exact) mass is 395 g/mol. The Bertz CT molecular complexity index is 958. The van der Waals surface area contributed by atoms with E-state index in [-0.39, 0.29) is 18.2 Å². The van der Waals surface area contributed by atoms with Crippen LogP contribution in [-0.4, -0.2) is 54.0 Å². The number of hydrogen-bond acceptors (Lipinski definition) is 4.